The first-order valence-electron chi connectivity index (χ1n) is 1.12. The van der Waals surface area contributed by atoms with E-state index in [1.54, 1.807) is 0 Å². The maximum absolute atomic E-state index is 9.25. The van der Waals surface area contributed by atoms with Gasteiger partial charge in [0.25, 0.3) is 0 Å². The number of carbonyl (C=O) groups is 1. The average molecular weight is 606 g/mol. The van der Waals surface area contributed by atoms with Crippen LogP contribution in [0.2, 0.25) is 0 Å². The van der Waals surface area contributed by atoms with E-state index < -0.39 is 5.97 Å². The molecule has 0 aliphatic carbocycles. The van der Waals surface area contributed by atoms with Crippen LogP contribution < -0.4 is 0 Å². The molecule has 0 fully saturated rings. The van der Waals surface area contributed by atoms with Crippen molar-refractivity contribution < 1.29 is 9.90 Å². The normalized spacial score (nSPS) is 4.71. The number of aliphatic carboxylic acids is 1. The first kappa shape index (κ1) is 27.0. The predicted octanol–water partition coefficient (Wildman–Crippen LogP) is 0.109. The van der Waals surface area contributed by atoms with Gasteiger partial charge in [-0.15, -0.1) is 0 Å². The SMILES string of the molecule is [CH2-][CH-]C(=O)O.[Rf].[Rf]. The number of rotatable bonds is 1. The van der Waals surface area contributed by atoms with Crippen molar-refractivity contribution in [3.8, 4) is 0 Å². The molecule has 0 heterocycles. The summed E-state index contributed by atoms with van der Waals surface area (Å²) in [7, 11) is 0. The molecule has 0 bridgehead atoms. The molecule has 2 nitrogen and oxygen atoms in total. The Bertz CT molecular complexity index is 46.2. The average Bonchev–Trinajstić information content (AvgIpc) is 1.38. The Balaban J connectivity index is -0.0000000800. The van der Waals surface area contributed by atoms with Gasteiger partial charge in [-0.2, -0.15) is 0 Å². The zero-order chi connectivity index (χ0) is 4.28. The summed E-state index contributed by atoms with van der Waals surface area (Å²) in [5.74, 6) is -0.981. The molecular weight excluding hydrogens is 602 g/mol. The van der Waals surface area contributed by atoms with Crippen LogP contribution in [0.3, 0.4) is 0 Å². The van der Waals surface area contributed by atoms with Gasteiger partial charge in [0.15, 0.2) is 0 Å². The standard InChI is InChI=1S/C3H4O2.2Rf/c1-2-3(4)5;;/h2H,1H2,(H,4,5);;/q-2;;. The minimum Gasteiger partial charge on any atom is -0.505 e. The van der Waals surface area contributed by atoms with Crippen molar-refractivity contribution in [2.45, 2.75) is 0 Å². The van der Waals surface area contributed by atoms with Gasteiger partial charge in [-0.1, -0.05) is 0 Å². The van der Waals surface area contributed by atoms with Gasteiger partial charge in [-0.05, 0) is 0 Å². The van der Waals surface area contributed by atoms with E-state index in [1.807, 2.05) is 0 Å². The maximum Gasteiger partial charge on any atom is 0.135 e. The second-order valence-corrected chi connectivity index (χ2v) is 0.542. The molecule has 0 aliphatic rings. The van der Waals surface area contributed by atoms with Crippen molar-refractivity contribution in [2.24, 2.45) is 0 Å². The van der Waals surface area contributed by atoms with Crippen molar-refractivity contribution in [1.29, 1.82) is 0 Å². The van der Waals surface area contributed by atoms with Gasteiger partial charge < -0.3 is 18.5 Å². The summed E-state index contributed by atoms with van der Waals surface area (Å²) in [6.07, 6.45) is 0.833. The van der Waals surface area contributed by atoms with Gasteiger partial charge in [-0.3, -0.25) is 4.79 Å². The third kappa shape index (κ3) is 13.8. The Labute approximate surface area is 30.4 Å². The van der Waals surface area contributed by atoms with Gasteiger partial charge in [0.1, 0.15) is 5.97 Å². The molecule has 0 aliphatic heterocycles. The summed E-state index contributed by atoms with van der Waals surface area (Å²) >= 11 is 0. The number of hydrogen-bond acceptors (Lipinski definition) is 1. The summed E-state index contributed by atoms with van der Waals surface area (Å²) in [4.78, 5) is 9.25. The Morgan fingerprint density at radius 2 is 1.71 bits per heavy atom. The second-order valence-electron chi connectivity index (χ2n) is 0.542. The molecule has 0 aromatic rings. The van der Waals surface area contributed by atoms with Crippen LogP contribution in [-0.2, 0) is 4.79 Å². The number of hydrogen-bond donors (Lipinski definition) is 1. The van der Waals surface area contributed by atoms with Gasteiger partial charge in [0.2, 0.25) is 0 Å². The Morgan fingerprint density at radius 1 is 1.57 bits per heavy atom. The first-order valence-corrected chi connectivity index (χ1v) is 1.12. The van der Waals surface area contributed by atoms with Crippen LogP contribution >= 0.6 is 0 Å². The molecule has 0 saturated heterocycles. The zero-order valence-electron chi connectivity index (χ0n) is 4.05. The molecule has 0 aromatic carbocycles. The molecule has 1 N–H and O–H groups in total. The monoisotopic (exact) mass is 606 g/mol. The van der Waals surface area contributed by atoms with E-state index in [0.717, 1.165) is 6.42 Å². The van der Waals surface area contributed by atoms with Crippen LogP contribution in [0.1, 0.15) is 0 Å². The molecule has 0 aromatic heterocycles. The molecule has 0 amide bonds. The van der Waals surface area contributed by atoms with E-state index in [4.69, 9.17) is 5.11 Å². The third-order valence-electron chi connectivity index (χ3n) is 0.175. The summed E-state index contributed by atoms with van der Waals surface area (Å²) in [5.41, 5.74) is 0. The molecule has 0 unspecified atom stereocenters. The minimum absolute atomic E-state index is 0. The Morgan fingerprint density at radius 3 is 1.71 bits per heavy atom. The van der Waals surface area contributed by atoms with Gasteiger partial charge in [-0.25, -0.2) is 0 Å². The Kier molecular flexibility index (Phi) is 39.2. The second kappa shape index (κ2) is 10.2. The predicted molar refractivity (Wildman–Crippen MR) is 17.3 cm³/mol. The molecule has 7 heavy (non-hydrogen) atoms. The molecule has 0 atom stereocenters. The molecule has 0 spiro atoms. The van der Waals surface area contributed by atoms with Gasteiger partial charge >= 0.3 is 0 Å². The summed E-state index contributed by atoms with van der Waals surface area (Å²) in [6, 6.07) is 0. The topological polar surface area (TPSA) is 37.3 Å². The van der Waals surface area contributed by atoms with Gasteiger partial charge in [0, 0.05) is 0 Å². The quantitative estimate of drug-likeness (QED) is 0.431. The van der Waals surface area contributed by atoms with E-state index >= 15 is 0 Å². The fourth-order valence-corrected chi connectivity index (χ4v) is 0. The third-order valence-corrected chi connectivity index (χ3v) is 0.175. The summed E-state index contributed by atoms with van der Waals surface area (Å²) in [6.45, 7) is 2.96. The molecule has 0 saturated carbocycles. The molecule has 34 valence electrons. The number of carboxylic acid groups (broad SMARTS) is 1. The van der Waals surface area contributed by atoms with Crippen LogP contribution in [0.5, 0.6) is 0 Å². The molecule has 0 radical (unpaired) electrons. The largest absolute Gasteiger partial charge is 0.505 e. The molecule has 4 heteroatoms. The van der Waals surface area contributed by atoms with E-state index in [2.05, 4.69) is 6.92 Å². The zero-order valence-corrected chi connectivity index (χ0v) is 16.9. The van der Waals surface area contributed by atoms with Crippen molar-refractivity contribution in [1.82, 2.24) is 0 Å². The smallest absolute Gasteiger partial charge is 0.135 e. The van der Waals surface area contributed by atoms with Gasteiger partial charge in [0.05, 0.1) is 0 Å². The molecule has 0 rings (SSSR count). The maximum atomic E-state index is 9.25. The van der Waals surface area contributed by atoms with Crippen molar-refractivity contribution in [3.63, 3.8) is 0 Å². The van der Waals surface area contributed by atoms with E-state index in [9.17, 15) is 4.79 Å². The molecular formula is C3H4O2Rf2-2. The van der Waals surface area contributed by atoms with E-state index in [-0.39, 0.29) is 0 Å². The minimum atomic E-state index is -0.981. The van der Waals surface area contributed by atoms with Crippen LogP contribution in [0.15, 0.2) is 0 Å². The van der Waals surface area contributed by atoms with E-state index in [0.29, 0.717) is 0 Å². The number of carboxylic acids is 1. The summed E-state index contributed by atoms with van der Waals surface area (Å²) < 4.78 is 0. The van der Waals surface area contributed by atoms with E-state index in [1.165, 1.54) is 0 Å². The fourth-order valence-electron chi connectivity index (χ4n) is 0. The summed E-state index contributed by atoms with van der Waals surface area (Å²) in [5, 5.41) is 7.60. The van der Waals surface area contributed by atoms with Crippen molar-refractivity contribution in [3.05, 3.63) is 13.3 Å². The fraction of sp³-hybridized carbons (Fsp3) is 0. The first-order chi connectivity index (χ1) is 2.27. The van der Waals surface area contributed by atoms with Crippen LogP contribution in [0, 0.1) is 13.3 Å². The van der Waals surface area contributed by atoms with Crippen LogP contribution in [0.25, 0.3) is 0 Å². The van der Waals surface area contributed by atoms with Crippen molar-refractivity contribution in [2.75, 3.05) is 0 Å². The van der Waals surface area contributed by atoms with Crippen LogP contribution in [0.4, 0.5) is 0 Å². The van der Waals surface area contributed by atoms with Crippen LogP contribution in [-0.4, -0.2) is 11.1 Å². The van der Waals surface area contributed by atoms with Crippen molar-refractivity contribution >= 4 is 5.97 Å². The Hall–Kier alpha value is -2.66.